The summed E-state index contributed by atoms with van der Waals surface area (Å²) < 4.78 is 29.9. The van der Waals surface area contributed by atoms with Crippen molar-refractivity contribution >= 4 is 46.0 Å². The molecular formula is C24H22ClF2N5O2S. The second kappa shape index (κ2) is 9.25. The molecule has 2 aromatic carbocycles. The molecule has 2 aliphatic rings. The van der Waals surface area contributed by atoms with E-state index >= 15 is 0 Å². The fourth-order valence-corrected chi connectivity index (χ4v) is 6.35. The van der Waals surface area contributed by atoms with Gasteiger partial charge in [-0.15, -0.1) is 11.8 Å². The molecule has 0 aliphatic carbocycles. The van der Waals surface area contributed by atoms with E-state index in [1.807, 2.05) is 4.90 Å². The van der Waals surface area contributed by atoms with E-state index in [1.54, 1.807) is 15.5 Å². The molecule has 1 atom stereocenters. The minimum atomic E-state index is -0.731. The Balaban J connectivity index is 1.69. The zero-order valence-corrected chi connectivity index (χ0v) is 20.2. The lowest BCUT2D eigenvalue weighted by Crippen LogP contribution is -2.58. The molecule has 2 aliphatic heterocycles. The van der Waals surface area contributed by atoms with E-state index < -0.39 is 17.3 Å². The number of amides is 1. The van der Waals surface area contributed by atoms with Gasteiger partial charge in [0.2, 0.25) is 5.91 Å². The molecule has 3 heterocycles. The van der Waals surface area contributed by atoms with Gasteiger partial charge in [0, 0.05) is 66.0 Å². The Kier molecular flexibility index (Phi) is 6.29. The number of benzene rings is 2. The van der Waals surface area contributed by atoms with E-state index in [0.29, 0.717) is 59.1 Å². The number of aromatic nitrogens is 2. The van der Waals surface area contributed by atoms with Gasteiger partial charge in [-0.3, -0.25) is 9.36 Å². The highest BCUT2D eigenvalue weighted by Gasteiger charge is 2.32. The predicted molar refractivity (Wildman–Crippen MR) is 134 cm³/mol. The van der Waals surface area contributed by atoms with E-state index in [1.165, 1.54) is 30.0 Å². The Morgan fingerprint density at radius 3 is 2.80 bits per heavy atom. The number of piperazine rings is 1. The molecule has 11 heteroatoms. The first-order chi connectivity index (χ1) is 16.8. The van der Waals surface area contributed by atoms with Crippen molar-refractivity contribution in [2.45, 2.75) is 17.5 Å². The van der Waals surface area contributed by atoms with Crippen LogP contribution >= 0.6 is 23.4 Å². The van der Waals surface area contributed by atoms with Gasteiger partial charge in [-0.25, -0.2) is 13.6 Å². The molecule has 1 saturated heterocycles. The van der Waals surface area contributed by atoms with Gasteiger partial charge in [-0.05, 0) is 24.3 Å². The Bertz CT molecular complexity index is 1430. The number of hydrogen-bond donors (Lipinski definition) is 1. The third-order valence-corrected chi connectivity index (χ3v) is 7.80. The van der Waals surface area contributed by atoms with Crippen LogP contribution in [0.25, 0.3) is 22.0 Å². The first kappa shape index (κ1) is 23.8. The molecule has 0 bridgehead atoms. The number of carbonyl (C=O) groups excluding carboxylic acids is 1. The second-order valence-corrected chi connectivity index (χ2v) is 9.88. The lowest BCUT2D eigenvalue weighted by molar-refractivity contribution is -0.128. The van der Waals surface area contributed by atoms with Gasteiger partial charge in [0.25, 0.3) is 0 Å². The number of anilines is 1. The molecule has 0 radical (unpaired) electrons. The van der Waals surface area contributed by atoms with Crippen LogP contribution in [-0.2, 0) is 11.3 Å². The molecule has 182 valence electrons. The van der Waals surface area contributed by atoms with Crippen molar-refractivity contribution in [2.75, 3.05) is 36.8 Å². The average molecular weight is 518 g/mol. The fourth-order valence-electron chi connectivity index (χ4n) is 4.79. The SMILES string of the molecule is C=CC(=O)N1CCN(c2nc(=O)n3c4c(c(-c5ccc(F)cc5F)c(Cl)cc24)SCC3)C[C@@H]1CN. The number of rotatable bonds is 4. The van der Waals surface area contributed by atoms with Crippen molar-refractivity contribution in [2.24, 2.45) is 5.73 Å². The monoisotopic (exact) mass is 517 g/mol. The van der Waals surface area contributed by atoms with Crippen LogP contribution in [0, 0.1) is 11.6 Å². The highest BCUT2D eigenvalue weighted by atomic mass is 35.5. The van der Waals surface area contributed by atoms with Crippen LogP contribution in [-0.4, -0.2) is 58.3 Å². The van der Waals surface area contributed by atoms with Crippen LogP contribution in [0.2, 0.25) is 5.02 Å². The quantitative estimate of drug-likeness (QED) is 0.535. The highest BCUT2D eigenvalue weighted by Crippen LogP contribution is 2.46. The lowest BCUT2D eigenvalue weighted by Gasteiger charge is -2.41. The van der Waals surface area contributed by atoms with E-state index in [0.717, 1.165) is 6.07 Å². The Hall–Kier alpha value is -2.95. The van der Waals surface area contributed by atoms with Crippen molar-refractivity contribution in [3.8, 4) is 11.1 Å². The third kappa shape index (κ3) is 3.99. The summed E-state index contributed by atoms with van der Waals surface area (Å²) in [7, 11) is 0. The van der Waals surface area contributed by atoms with Crippen LogP contribution in [0.3, 0.4) is 0 Å². The van der Waals surface area contributed by atoms with E-state index in [9.17, 15) is 18.4 Å². The predicted octanol–water partition coefficient (Wildman–Crippen LogP) is 3.26. The molecule has 7 nitrogen and oxygen atoms in total. The van der Waals surface area contributed by atoms with Crippen molar-refractivity contribution in [3.05, 3.63) is 64.1 Å². The number of nitrogens with zero attached hydrogens (tertiary/aromatic N) is 4. The molecular weight excluding hydrogens is 496 g/mol. The molecule has 2 N–H and O–H groups in total. The second-order valence-electron chi connectivity index (χ2n) is 8.37. The maximum atomic E-state index is 14.8. The summed E-state index contributed by atoms with van der Waals surface area (Å²) in [6.07, 6.45) is 1.26. The summed E-state index contributed by atoms with van der Waals surface area (Å²) in [5.74, 6) is -0.587. The van der Waals surface area contributed by atoms with Crippen molar-refractivity contribution in [1.82, 2.24) is 14.5 Å². The van der Waals surface area contributed by atoms with Crippen LogP contribution in [0.1, 0.15) is 0 Å². The van der Waals surface area contributed by atoms with Crippen LogP contribution < -0.4 is 16.3 Å². The standard InChI is InChI=1S/C24H22ClF2N5O2S/c1-2-19(33)31-6-5-30(12-14(31)11-28)23-16-10-17(25)20(15-4-3-13(26)9-18(15)27)22-21(16)32(7-8-35-22)24(34)29-23/h2-4,9-10,14H,1,5-8,11-12,28H2/t14-/m0/s1. The number of hydrogen-bond acceptors (Lipinski definition) is 6. The fraction of sp³-hybridized carbons (Fsp3) is 0.292. The van der Waals surface area contributed by atoms with Crippen molar-refractivity contribution in [1.29, 1.82) is 0 Å². The van der Waals surface area contributed by atoms with E-state index in [-0.39, 0.29) is 29.1 Å². The Morgan fingerprint density at radius 2 is 2.09 bits per heavy atom. The highest BCUT2D eigenvalue weighted by molar-refractivity contribution is 7.99. The normalized spacial score (nSPS) is 17.7. The molecule has 1 amide bonds. The molecule has 3 aromatic rings. The topological polar surface area (TPSA) is 84.5 Å². The van der Waals surface area contributed by atoms with Gasteiger partial charge < -0.3 is 15.5 Å². The van der Waals surface area contributed by atoms with Gasteiger partial charge in [0.1, 0.15) is 17.5 Å². The van der Waals surface area contributed by atoms with Crippen molar-refractivity contribution in [3.63, 3.8) is 0 Å². The third-order valence-electron chi connectivity index (χ3n) is 6.42. The zero-order valence-electron chi connectivity index (χ0n) is 18.6. The summed E-state index contributed by atoms with van der Waals surface area (Å²) in [5, 5.41) is 0.929. The van der Waals surface area contributed by atoms with Gasteiger partial charge in [0.05, 0.1) is 16.6 Å². The summed E-state index contributed by atoms with van der Waals surface area (Å²) in [6, 6.07) is 4.76. The molecule has 0 spiro atoms. The molecule has 5 rings (SSSR count). The minimum Gasteiger partial charge on any atom is -0.352 e. The summed E-state index contributed by atoms with van der Waals surface area (Å²) in [5.41, 5.74) is 6.74. The molecule has 0 saturated carbocycles. The molecule has 1 fully saturated rings. The average Bonchev–Trinajstić information content (AvgIpc) is 2.86. The number of thioether (sulfide) groups is 1. The Labute approximate surface area is 209 Å². The van der Waals surface area contributed by atoms with Crippen LogP contribution in [0.4, 0.5) is 14.6 Å². The van der Waals surface area contributed by atoms with Gasteiger partial charge in [-0.1, -0.05) is 18.2 Å². The van der Waals surface area contributed by atoms with Gasteiger partial charge >= 0.3 is 5.69 Å². The smallest absolute Gasteiger partial charge is 0.350 e. The maximum absolute atomic E-state index is 14.8. The van der Waals surface area contributed by atoms with Crippen LogP contribution in [0.15, 0.2) is 46.6 Å². The lowest BCUT2D eigenvalue weighted by atomic mass is 10.0. The molecule has 0 unspecified atom stereocenters. The minimum absolute atomic E-state index is 0.166. The summed E-state index contributed by atoms with van der Waals surface area (Å²) in [6.45, 7) is 5.46. The Morgan fingerprint density at radius 1 is 1.29 bits per heavy atom. The number of aryl methyl sites for hydroxylation is 1. The molecule has 35 heavy (non-hydrogen) atoms. The van der Waals surface area contributed by atoms with E-state index in [4.69, 9.17) is 17.3 Å². The van der Waals surface area contributed by atoms with Crippen LogP contribution in [0.5, 0.6) is 0 Å². The zero-order chi connectivity index (χ0) is 24.9. The van der Waals surface area contributed by atoms with E-state index in [2.05, 4.69) is 11.6 Å². The first-order valence-corrected chi connectivity index (χ1v) is 12.4. The number of nitrogens with two attached hydrogens (primary N) is 1. The summed E-state index contributed by atoms with van der Waals surface area (Å²) >= 11 is 8.18. The van der Waals surface area contributed by atoms with Gasteiger partial charge in [0.15, 0.2) is 0 Å². The number of carbonyl (C=O) groups is 1. The number of halogens is 3. The first-order valence-electron chi connectivity index (χ1n) is 11.1. The molecule has 1 aromatic heterocycles. The maximum Gasteiger partial charge on any atom is 0.350 e. The van der Waals surface area contributed by atoms with Gasteiger partial charge in [-0.2, -0.15) is 4.98 Å². The van der Waals surface area contributed by atoms with Crippen molar-refractivity contribution < 1.29 is 13.6 Å². The largest absolute Gasteiger partial charge is 0.352 e. The summed E-state index contributed by atoms with van der Waals surface area (Å²) in [4.78, 5) is 34.0.